The lowest BCUT2D eigenvalue weighted by Crippen LogP contribution is -2.50. The second-order valence-corrected chi connectivity index (χ2v) is 5.93. The zero-order chi connectivity index (χ0) is 17.6. The highest BCUT2D eigenvalue weighted by atomic mass is 19.1. The SMILES string of the molecule is O=C(COc1ccccc1F)N1CCN(C[C@H](O)c2ccco2)CC1. The molecule has 1 aliphatic heterocycles. The maximum absolute atomic E-state index is 13.5. The van der Waals surface area contributed by atoms with Gasteiger partial charge in [0.05, 0.1) is 6.26 Å². The lowest BCUT2D eigenvalue weighted by atomic mass is 10.2. The quantitative estimate of drug-likeness (QED) is 0.860. The molecule has 0 aliphatic carbocycles. The molecule has 7 heteroatoms. The topological polar surface area (TPSA) is 66.2 Å². The van der Waals surface area contributed by atoms with Crippen molar-refractivity contribution >= 4 is 5.91 Å². The molecule has 0 saturated carbocycles. The van der Waals surface area contributed by atoms with Gasteiger partial charge in [-0.2, -0.15) is 0 Å². The number of hydrogen-bond acceptors (Lipinski definition) is 5. The summed E-state index contributed by atoms with van der Waals surface area (Å²) in [6.07, 6.45) is 0.853. The van der Waals surface area contributed by atoms with E-state index in [1.165, 1.54) is 18.4 Å². The van der Waals surface area contributed by atoms with E-state index in [1.807, 2.05) is 0 Å². The number of para-hydroxylation sites is 1. The van der Waals surface area contributed by atoms with Crippen LogP contribution in [0.25, 0.3) is 0 Å². The van der Waals surface area contributed by atoms with Gasteiger partial charge in [0.2, 0.25) is 0 Å². The minimum absolute atomic E-state index is 0.0797. The van der Waals surface area contributed by atoms with Gasteiger partial charge in [0.15, 0.2) is 18.2 Å². The van der Waals surface area contributed by atoms with Crippen LogP contribution in [0.2, 0.25) is 0 Å². The Morgan fingerprint density at radius 2 is 1.96 bits per heavy atom. The first-order valence-corrected chi connectivity index (χ1v) is 8.22. The Hall–Kier alpha value is -2.38. The number of hydrogen-bond donors (Lipinski definition) is 1. The van der Waals surface area contributed by atoms with Crippen LogP contribution in [0.3, 0.4) is 0 Å². The van der Waals surface area contributed by atoms with Gasteiger partial charge in [-0.3, -0.25) is 9.69 Å². The Morgan fingerprint density at radius 3 is 2.64 bits per heavy atom. The summed E-state index contributed by atoms with van der Waals surface area (Å²) < 4.78 is 23.9. The van der Waals surface area contributed by atoms with Crippen molar-refractivity contribution in [1.82, 2.24) is 9.80 Å². The summed E-state index contributed by atoms with van der Waals surface area (Å²) in [5, 5.41) is 10.1. The van der Waals surface area contributed by atoms with Crippen molar-refractivity contribution in [3.63, 3.8) is 0 Å². The molecule has 1 aromatic carbocycles. The third-order valence-electron chi connectivity index (χ3n) is 4.22. The molecule has 0 radical (unpaired) electrons. The first-order chi connectivity index (χ1) is 12.1. The van der Waals surface area contributed by atoms with Crippen LogP contribution in [0, 0.1) is 5.82 Å². The van der Waals surface area contributed by atoms with Gasteiger partial charge in [0, 0.05) is 32.7 Å². The highest BCUT2D eigenvalue weighted by molar-refractivity contribution is 5.77. The van der Waals surface area contributed by atoms with Crippen molar-refractivity contribution in [2.45, 2.75) is 6.10 Å². The molecule has 25 heavy (non-hydrogen) atoms. The van der Waals surface area contributed by atoms with Crippen molar-refractivity contribution in [1.29, 1.82) is 0 Å². The number of β-amino-alcohol motifs (C(OH)–C–C–N with tert-alkyl or cyclic N) is 1. The van der Waals surface area contributed by atoms with Crippen LogP contribution in [0.1, 0.15) is 11.9 Å². The lowest BCUT2D eigenvalue weighted by molar-refractivity contribution is -0.135. The van der Waals surface area contributed by atoms with Gasteiger partial charge in [-0.1, -0.05) is 12.1 Å². The largest absolute Gasteiger partial charge is 0.481 e. The van der Waals surface area contributed by atoms with E-state index >= 15 is 0 Å². The van der Waals surface area contributed by atoms with E-state index in [4.69, 9.17) is 9.15 Å². The minimum Gasteiger partial charge on any atom is -0.481 e. The Morgan fingerprint density at radius 1 is 1.20 bits per heavy atom. The highest BCUT2D eigenvalue weighted by Gasteiger charge is 2.24. The van der Waals surface area contributed by atoms with Crippen LogP contribution in [-0.4, -0.2) is 60.1 Å². The summed E-state index contributed by atoms with van der Waals surface area (Å²) in [5.74, 6) is -0.0330. The van der Waals surface area contributed by atoms with E-state index in [0.717, 1.165) is 0 Å². The van der Waals surface area contributed by atoms with Gasteiger partial charge in [-0.25, -0.2) is 4.39 Å². The van der Waals surface area contributed by atoms with E-state index in [9.17, 15) is 14.3 Å². The summed E-state index contributed by atoms with van der Waals surface area (Å²) in [6.45, 7) is 2.68. The van der Waals surface area contributed by atoms with Crippen LogP contribution < -0.4 is 4.74 Å². The van der Waals surface area contributed by atoms with Crippen molar-refractivity contribution in [2.75, 3.05) is 39.3 Å². The average molecular weight is 348 g/mol. The number of furan rings is 1. The molecule has 0 unspecified atom stereocenters. The second-order valence-electron chi connectivity index (χ2n) is 5.93. The monoisotopic (exact) mass is 348 g/mol. The van der Waals surface area contributed by atoms with E-state index in [0.29, 0.717) is 38.5 Å². The number of nitrogens with zero attached hydrogens (tertiary/aromatic N) is 2. The maximum Gasteiger partial charge on any atom is 0.260 e. The molecule has 134 valence electrons. The Kier molecular flexibility index (Phi) is 5.67. The number of aliphatic hydroxyl groups is 1. The molecule has 3 rings (SSSR count). The number of carbonyl (C=O) groups is 1. The molecule has 1 fully saturated rings. The first-order valence-electron chi connectivity index (χ1n) is 8.22. The van der Waals surface area contributed by atoms with Crippen molar-refractivity contribution in [2.24, 2.45) is 0 Å². The molecule has 2 heterocycles. The third kappa shape index (κ3) is 4.58. The number of halogens is 1. The van der Waals surface area contributed by atoms with Crippen LogP contribution in [-0.2, 0) is 4.79 Å². The molecule has 1 N–H and O–H groups in total. The molecule has 6 nitrogen and oxygen atoms in total. The fourth-order valence-corrected chi connectivity index (χ4v) is 2.79. The lowest BCUT2D eigenvalue weighted by Gasteiger charge is -2.35. The fraction of sp³-hybridized carbons (Fsp3) is 0.389. The number of benzene rings is 1. The van der Waals surface area contributed by atoms with E-state index in [-0.39, 0.29) is 18.3 Å². The van der Waals surface area contributed by atoms with Gasteiger partial charge in [-0.05, 0) is 24.3 Å². The predicted octanol–water partition coefficient (Wildman–Crippen LogP) is 1.68. The molecule has 2 aromatic rings. The second kappa shape index (κ2) is 8.13. The maximum atomic E-state index is 13.5. The Labute approximate surface area is 145 Å². The van der Waals surface area contributed by atoms with Crippen molar-refractivity contribution < 1.29 is 23.4 Å². The standard InChI is InChI=1S/C18H21FN2O4/c19-14-4-1-2-5-16(14)25-13-18(23)21-9-7-20(8-10-21)12-15(22)17-6-3-11-24-17/h1-6,11,15,22H,7-10,12-13H2/t15-/m0/s1. The van der Waals surface area contributed by atoms with Gasteiger partial charge in [0.25, 0.3) is 5.91 Å². The zero-order valence-corrected chi connectivity index (χ0v) is 13.8. The van der Waals surface area contributed by atoms with Gasteiger partial charge < -0.3 is 19.2 Å². The summed E-state index contributed by atoms with van der Waals surface area (Å²) >= 11 is 0. The number of ether oxygens (including phenoxy) is 1. The Bertz CT molecular complexity index is 684. The van der Waals surface area contributed by atoms with Crippen LogP contribution in [0.15, 0.2) is 47.1 Å². The number of aliphatic hydroxyl groups excluding tert-OH is 1. The smallest absolute Gasteiger partial charge is 0.260 e. The highest BCUT2D eigenvalue weighted by Crippen LogP contribution is 2.17. The van der Waals surface area contributed by atoms with Gasteiger partial charge in [-0.15, -0.1) is 0 Å². The van der Waals surface area contributed by atoms with Crippen LogP contribution in [0.5, 0.6) is 5.75 Å². The van der Waals surface area contributed by atoms with Gasteiger partial charge in [0.1, 0.15) is 11.9 Å². The third-order valence-corrected chi connectivity index (χ3v) is 4.22. The molecule has 1 aromatic heterocycles. The zero-order valence-electron chi connectivity index (χ0n) is 13.8. The molecule has 0 spiro atoms. The molecule has 1 aliphatic rings. The molecule has 1 saturated heterocycles. The Balaban J connectivity index is 1.42. The molecule has 1 amide bonds. The van der Waals surface area contributed by atoms with E-state index in [1.54, 1.807) is 29.2 Å². The van der Waals surface area contributed by atoms with Crippen LogP contribution in [0.4, 0.5) is 4.39 Å². The number of amides is 1. The molecule has 1 atom stereocenters. The number of rotatable bonds is 6. The van der Waals surface area contributed by atoms with Crippen molar-refractivity contribution in [3.05, 3.63) is 54.2 Å². The summed E-state index contributed by atoms with van der Waals surface area (Å²) in [7, 11) is 0. The fourth-order valence-electron chi connectivity index (χ4n) is 2.79. The minimum atomic E-state index is -0.679. The van der Waals surface area contributed by atoms with E-state index < -0.39 is 11.9 Å². The summed E-state index contributed by atoms with van der Waals surface area (Å²) in [6, 6.07) is 9.50. The molecular formula is C18H21FN2O4. The number of carbonyl (C=O) groups excluding carboxylic acids is 1. The predicted molar refractivity (Wildman–Crippen MR) is 88.6 cm³/mol. The van der Waals surface area contributed by atoms with Gasteiger partial charge >= 0.3 is 0 Å². The van der Waals surface area contributed by atoms with Crippen molar-refractivity contribution in [3.8, 4) is 5.75 Å². The number of piperazine rings is 1. The van der Waals surface area contributed by atoms with E-state index in [2.05, 4.69) is 4.90 Å². The van der Waals surface area contributed by atoms with Crippen LogP contribution >= 0.6 is 0 Å². The molecular weight excluding hydrogens is 327 g/mol. The summed E-state index contributed by atoms with van der Waals surface area (Å²) in [5.41, 5.74) is 0. The first kappa shape index (κ1) is 17.4. The average Bonchev–Trinajstić information content (AvgIpc) is 3.16. The molecule has 0 bridgehead atoms. The normalized spacial score (nSPS) is 16.6. The summed E-state index contributed by atoms with van der Waals surface area (Å²) in [4.78, 5) is 16.0.